The molecular weight excluding hydrogens is 267 g/mol. The van der Waals surface area contributed by atoms with Gasteiger partial charge >= 0.3 is 6.18 Å². The molecule has 0 fully saturated rings. The van der Waals surface area contributed by atoms with Crippen LogP contribution in [0.4, 0.5) is 13.2 Å². The molecule has 1 N–H and O–H groups in total. The van der Waals surface area contributed by atoms with Crippen molar-refractivity contribution in [3.8, 4) is 0 Å². The molecule has 1 rings (SSSR count). The van der Waals surface area contributed by atoms with Gasteiger partial charge in [0.1, 0.15) is 0 Å². The van der Waals surface area contributed by atoms with Crippen molar-refractivity contribution in [3.05, 3.63) is 35.4 Å². The monoisotopic (exact) mass is 289 g/mol. The first-order valence-electron chi connectivity index (χ1n) is 6.67. The summed E-state index contributed by atoms with van der Waals surface area (Å²) in [5.74, 6) is 0.381. The van der Waals surface area contributed by atoms with Crippen LogP contribution in [0.2, 0.25) is 0 Å². The second-order valence-electron chi connectivity index (χ2n) is 5.31. The average Bonchev–Trinajstić information content (AvgIpc) is 2.37. The Morgan fingerprint density at radius 2 is 1.65 bits per heavy atom. The molecule has 5 heteroatoms. The molecule has 1 aromatic carbocycles. The number of benzene rings is 1. The van der Waals surface area contributed by atoms with E-state index in [1.807, 2.05) is 6.92 Å². The quantitative estimate of drug-likeness (QED) is 0.854. The molecule has 2 nitrogen and oxygen atoms in total. The second kappa shape index (κ2) is 7.09. The van der Waals surface area contributed by atoms with Gasteiger partial charge in [-0.15, -0.1) is 0 Å². The summed E-state index contributed by atoms with van der Waals surface area (Å²) in [6.45, 7) is 6.67. The molecule has 20 heavy (non-hydrogen) atoms. The number of nitrogens with one attached hydrogen (secondary N) is 1. The molecule has 0 amide bonds. The second-order valence-corrected chi connectivity index (χ2v) is 5.31. The van der Waals surface area contributed by atoms with E-state index < -0.39 is 11.7 Å². The fourth-order valence-electron chi connectivity index (χ4n) is 1.99. The zero-order chi connectivity index (χ0) is 15.3. The van der Waals surface area contributed by atoms with Gasteiger partial charge in [0.25, 0.3) is 0 Å². The molecule has 0 heterocycles. The third-order valence-corrected chi connectivity index (χ3v) is 3.35. The van der Waals surface area contributed by atoms with Crippen LogP contribution in [0.1, 0.15) is 37.9 Å². The molecule has 0 aromatic heterocycles. The van der Waals surface area contributed by atoms with Crippen molar-refractivity contribution in [2.24, 2.45) is 5.92 Å². The summed E-state index contributed by atoms with van der Waals surface area (Å²) in [4.78, 5) is 0. The van der Waals surface area contributed by atoms with Crippen molar-refractivity contribution in [1.29, 1.82) is 0 Å². The molecule has 0 bridgehead atoms. The van der Waals surface area contributed by atoms with Crippen molar-refractivity contribution in [1.82, 2.24) is 5.32 Å². The third kappa shape index (κ3) is 4.80. The van der Waals surface area contributed by atoms with Crippen LogP contribution in [0.5, 0.6) is 0 Å². The highest BCUT2D eigenvalue weighted by Gasteiger charge is 2.30. The standard InChI is InChI=1S/C15H22F3NO/c1-10(2)14(9-20-4)19-11(3)12-5-7-13(8-6-12)15(16,17)18/h5-8,10-11,14,19H,9H2,1-4H3. The van der Waals surface area contributed by atoms with Crippen LogP contribution in [0.15, 0.2) is 24.3 Å². The van der Waals surface area contributed by atoms with E-state index in [4.69, 9.17) is 4.74 Å². The van der Waals surface area contributed by atoms with Gasteiger partial charge in [-0.3, -0.25) is 0 Å². The smallest absolute Gasteiger partial charge is 0.383 e. The number of hydrogen-bond donors (Lipinski definition) is 1. The van der Waals surface area contributed by atoms with E-state index in [0.29, 0.717) is 12.5 Å². The maximum Gasteiger partial charge on any atom is 0.416 e. The van der Waals surface area contributed by atoms with Crippen LogP contribution in [0.25, 0.3) is 0 Å². The summed E-state index contributed by atoms with van der Waals surface area (Å²) in [6.07, 6.45) is -4.29. The van der Waals surface area contributed by atoms with E-state index in [9.17, 15) is 13.2 Å². The van der Waals surface area contributed by atoms with Crippen molar-refractivity contribution >= 4 is 0 Å². The topological polar surface area (TPSA) is 21.3 Å². The predicted octanol–water partition coefficient (Wildman–Crippen LogP) is 4.03. The first-order valence-corrected chi connectivity index (χ1v) is 6.67. The highest BCUT2D eigenvalue weighted by Crippen LogP contribution is 2.30. The van der Waals surface area contributed by atoms with Gasteiger partial charge in [0.2, 0.25) is 0 Å². The van der Waals surface area contributed by atoms with Crippen LogP contribution in [0.3, 0.4) is 0 Å². The van der Waals surface area contributed by atoms with Crippen LogP contribution >= 0.6 is 0 Å². The van der Waals surface area contributed by atoms with Gasteiger partial charge in [0.05, 0.1) is 12.2 Å². The molecule has 0 radical (unpaired) electrons. The van der Waals surface area contributed by atoms with E-state index in [-0.39, 0.29) is 12.1 Å². The van der Waals surface area contributed by atoms with Crippen molar-refractivity contribution in [2.75, 3.05) is 13.7 Å². The Labute approximate surface area is 118 Å². The van der Waals surface area contributed by atoms with Gasteiger partial charge in [-0.25, -0.2) is 0 Å². The average molecular weight is 289 g/mol. The largest absolute Gasteiger partial charge is 0.416 e. The van der Waals surface area contributed by atoms with Gasteiger partial charge in [0.15, 0.2) is 0 Å². The summed E-state index contributed by atoms with van der Waals surface area (Å²) >= 11 is 0. The Hall–Kier alpha value is -1.07. The van der Waals surface area contributed by atoms with Crippen LogP contribution in [-0.2, 0) is 10.9 Å². The minimum atomic E-state index is -4.29. The highest BCUT2D eigenvalue weighted by molar-refractivity contribution is 5.26. The molecule has 0 aliphatic carbocycles. The molecule has 2 atom stereocenters. The summed E-state index contributed by atoms with van der Waals surface area (Å²) < 4.78 is 42.7. The SMILES string of the molecule is COCC(NC(C)c1ccc(C(F)(F)F)cc1)C(C)C. The lowest BCUT2D eigenvalue weighted by Crippen LogP contribution is -2.39. The number of halogens is 3. The van der Waals surface area contributed by atoms with E-state index >= 15 is 0 Å². The van der Waals surface area contributed by atoms with Crippen molar-refractivity contribution < 1.29 is 17.9 Å². The Kier molecular flexibility index (Phi) is 6.02. The maximum absolute atomic E-state index is 12.5. The highest BCUT2D eigenvalue weighted by atomic mass is 19.4. The molecule has 2 unspecified atom stereocenters. The summed E-state index contributed by atoms with van der Waals surface area (Å²) in [6, 6.07) is 5.41. The molecule has 0 saturated carbocycles. The molecule has 1 aromatic rings. The van der Waals surface area contributed by atoms with Gasteiger partial charge < -0.3 is 10.1 Å². The number of methoxy groups -OCH3 is 1. The number of hydrogen-bond acceptors (Lipinski definition) is 2. The van der Waals surface area contributed by atoms with Gasteiger partial charge in [0, 0.05) is 19.2 Å². The van der Waals surface area contributed by atoms with Crippen LogP contribution in [-0.4, -0.2) is 19.8 Å². The molecule has 0 aliphatic heterocycles. The van der Waals surface area contributed by atoms with E-state index in [2.05, 4.69) is 19.2 Å². The fraction of sp³-hybridized carbons (Fsp3) is 0.600. The molecule has 0 aliphatic rings. The van der Waals surface area contributed by atoms with Gasteiger partial charge in [-0.2, -0.15) is 13.2 Å². The number of ether oxygens (including phenoxy) is 1. The normalized spacial score (nSPS) is 15.4. The summed E-state index contributed by atoms with van der Waals surface area (Å²) in [5.41, 5.74) is 0.213. The van der Waals surface area contributed by atoms with Crippen molar-refractivity contribution in [3.63, 3.8) is 0 Å². The fourth-order valence-corrected chi connectivity index (χ4v) is 1.99. The van der Waals surface area contributed by atoms with Gasteiger partial charge in [-0.1, -0.05) is 26.0 Å². The number of rotatable bonds is 6. The maximum atomic E-state index is 12.5. The van der Waals surface area contributed by atoms with E-state index in [0.717, 1.165) is 17.7 Å². The third-order valence-electron chi connectivity index (χ3n) is 3.35. The predicted molar refractivity (Wildman–Crippen MR) is 73.5 cm³/mol. The van der Waals surface area contributed by atoms with Crippen LogP contribution in [0, 0.1) is 5.92 Å². The molecular formula is C15H22F3NO. The lowest BCUT2D eigenvalue weighted by atomic mass is 10.0. The van der Waals surface area contributed by atoms with Crippen molar-refractivity contribution in [2.45, 2.75) is 39.0 Å². The number of alkyl halides is 3. The summed E-state index contributed by atoms with van der Waals surface area (Å²) in [5, 5.41) is 3.39. The van der Waals surface area contributed by atoms with E-state index in [1.54, 1.807) is 7.11 Å². The Balaban J connectivity index is 2.74. The lowest BCUT2D eigenvalue weighted by Gasteiger charge is -2.26. The molecule has 0 spiro atoms. The first-order chi connectivity index (χ1) is 9.25. The minimum Gasteiger partial charge on any atom is -0.383 e. The molecule has 114 valence electrons. The molecule has 0 saturated heterocycles. The summed E-state index contributed by atoms with van der Waals surface area (Å²) in [7, 11) is 1.64. The Morgan fingerprint density at radius 1 is 1.10 bits per heavy atom. The Morgan fingerprint density at radius 3 is 2.05 bits per heavy atom. The van der Waals surface area contributed by atoms with E-state index in [1.165, 1.54) is 12.1 Å². The van der Waals surface area contributed by atoms with Crippen LogP contribution < -0.4 is 5.32 Å². The lowest BCUT2D eigenvalue weighted by molar-refractivity contribution is -0.137. The zero-order valence-electron chi connectivity index (χ0n) is 12.3. The van der Waals surface area contributed by atoms with Gasteiger partial charge in [-0.05, 0) is 30.5 Å². The minimum absolute atomic E-state index is 0.0279. The Bertz CT molecular complexity index is 401. The zero-order valence-corrected chi connectivity index (χ0v) is 12.3. The first kappa shape index (κ1) is 17.0.